The lowest BCUT2D eigenvalue weighted by atomic mass is 10.1. The maximum Gasteiger partial charge on any atom is 0.213 e. The summed E-state index contributed by atoms with van der Waals surface area (Å²) in [4.78, 5) is 4.45. The molecular formula is C14H23ClN2O. The Morgan fingerprint density at radius 2 is 2.06 bits per heavy atom. The van der Waals surface area contributed by atoms with Crippen LogP contribution < -0.4 is 10.1 Å². The maximum absolute atomic E-state index is 6.14. The monoisotopic (exact) mass is 270 g/mol. The number of halogens is 1. The van der Waals surface area contributed by atoms with Crippen molar-refractivity contribution >= 4 is 11.6 Å². The summed E-state index contributed by atoms with van der Waals surface area (Å²) >= 11 is 6.14. The molecule has 0 saturated heterocycles. The van der Waals surface area contributed by atoms with Gasteiger partial charge < -0.3 is 10.1 Å². The van der Waals surface area contributed by atoms with E-state index in [-0.39, 0.29) is 11.6 Å². The zero-order valence-corrected chi connectivity index (χ0v) is 12.6. The van der Waals surface area contributed by atoms with Crippen LogP contribution >= 0.6 is 11.6 Å². The van der Waals surface area contributed by atoms with Crippen LogP contribution in [0.4, 0.5) is 0 Å². The largest absolute Gasteiger partial charge is 0.475 e. The van der Waals surface area contributed by atoms with Gasteiger partial charge in [-0.1, -0.05) is 18.5 Å². The van der Waals surface area contributed by atoms with Gasteiger partial charge in [-0.15, -0.1) is 0 Å². The van der Waals surface area contributed by atoms with Gasteiger partial charge in [0, 0.05) is 18.2 Å². The van der Waals surface area contributed by atoms with E-state index in [9.17, 15) is 0 Å². The smallest absolute Gasteiger partial charge is 0.213 e. The van der Waals surface area contributed by atoms with Crippen molar-refractivity contribution in [2.45, 2.75) is 59.2 Å². The Kier molecular flexibility index (Phi) is 5.42. The van der Waals surface area contributed by atoms with Gasteiger partial charge in [-0.05, 0) is 40.2 Å². The molecule has 102 valence electrons. The van der Waals surface area contributed by atoms with Crippen LogP contribution in [0.3, 0.4) is 0 Å². The summed E-state index contributed by atoms with van der Waals surface area (Å²) < 4.78 is 5.69. The minimum Gasteiger partial charge on any atom is -0.475 e. The summed E-state index contributed by atoms with van der Waals surface area (Å²) in [5.41, 5.74) is 0.867. The molecule has 1 aromatic heterocycles. The highest BCUT2D eigenvalue weighted by Gasteiger charge is 2.12. The lowest BCUT2D eigenvalue weighted by molar-refractivity contribution is 0.208. The fourth-order valence-corrected chi connectivity index (χ4v) is 1.46. The number of nitrogens with one attached hydrogen (secondary N) is 1. The first kappa shape index (κ1) is 15.3. The molecule has 0 spiro atoms. The van der Waals surface area contributed by atoms with Crippen molar-refractivity contribution in [2.75, 3.05) is 0 Å². The van der Waals surface area contributed by atoms with Gasteiger partial charge in [0.2, 0.25) is 5.88 Å². The maximum atomic E-state index is 6.14. The molecular weight excluding hydrogens is 248 g/mol. The SMILES string of the molecule is CCC(C)Oc1ccc(Cl)c(CNC(C)(C)C)n1. The van der Waals surface area contributed by atoms with Gasteiger partial charge in [-0.25, -0.2) is 4.98 Å². The number of rotatable bonds is 5. The second-order valence-corrected chi connectivity index (χ2v) is 5.93. The number of hydrogen-bond acceptors (Lipinski definition) is 3. The minimum atomic E-state index is 0.0403. The Morgan fingerprint density at radius 3 is 2.61 bits per heavy atom. The lowest BCUT2D eigenvalue weighted by Gasteiger charge is -2.21. The first-order chi connectivity index (χ1) is 8.31. The zero-order valence-electron chi connectivity index (χ0n) is 11.9. The van der Waals surface area contributed by atoms with Gasteiger partial charge in [-0.2, -0.15) is 0 Å². The molecule has 18 heavy (non-hydrogen) atoms. The first-order valence-corrected chi connectivity index (χ1v) is 6.76. The van der Waals surface area contributed by atoms with Gasteiger partial charge in [0.1, 0.15) is 0 Å². The number of pyridine rings is 1. The second-order valence-electron chi connectivity index (χ2n) is 5.52. The van der Waals surface area contributed by atoms with Crippen LogP contribution in [0.15, 0.2) is 12.1 Å². The van der Waals surface area contributed by atoms with Gasteiger partial charge >= 0.3 is 0 Å². The molecule has 0 radical (unpaired) electrons. The van der Waals surface area contributed by atoms with Gasteiger partial charge in [0.15, 0.2) is 0 Å². The van der Waals surface area contributed by atoms with E-state index in [2.05, 4.69) is 38.0 Å². The van der Waals surface area contributed by atoms with Crippen molar-refractivity contribution in [1.82, 2.24) is 10.3 Å². The molecule has 0 aromatic carbocycles. The molecule has 0 fully saturated rings. The van der Waals surface area contributed by atoms with Crippen LogP contribution in [-0.4, -0.2) is 16.6 Å². The number of hydrogen-bond donors (Lipinski definition) is 1. The number of aromatic nitrogens is 1. The summed E-state index contributed by atoms with van der Waals surface area (Å²) in [6.45, 7) is 11.1. The summed E-state index contributed by atoms with van der Waals surface area (Å²) in [6, 6.07) is 3.65. The van der Waals surface area contributed by atoms with Crippen molar-refractivity contribution in [3.05, 3.63) is 22.8 Å². The van der Waals surface area contributed by atoms with Crippen LogP contribution in [0.2, 0.25) is 5.02 Å². The van der Waals surface area contributed by atoms with Crippen LogP contribution in [0, 0.1) is 0 Å². The molecule has 1 rings (SSSR count). The van der Waals surface area contributed by atoms with E-state index < -0.39 is 0 Å². The highest BCUT2D eigenvalue weighted by molar-refractivity contribution is 6.31. The highest BCUT2D eigenvalue weighted by atomic mass is 35.5. The Morgan fingerprint density at radius 1 is 1.39 bits per heavy atom. The fraction of sp³-hybridized carbons (Fsp3) is 0.643. The third-order valence-electron chi connectivity index (χ3n) is 2.58. The Hall–Kier alpha value is -0.800. The van der Waals surface area contributed by atoms with Crippen LogP contribution in [-0.2, 0) is 6.54 Å². The fourth-order valence-electron chi connectivity index (χ4n) is 1.29. The summed E-state index contributed by atoms with van der Waals surface area (Å²) in [5.74, 6) is 0.638. The molecule has 0 amide bonds. The molecule has 0 aliphatic heterocycles. The quantitative estimate of drug-likeness (QED) is 0.884. The highest BCUT2D eigenvalue weighted by Crippen LogP contribution is 2.19. The average Bonchev–Trinajstić information content (AvgIpc) is 2.28. The van der Waals surface area contributed by atoms with Crippen molar-refractivity contribution in [1.29, 1.82) is 0 Å². The van der Waals surface area contributed by atoms with E-state index in [0.717, 1.165) is 12.1 Å². The summed E-state index contributed by atoms with van der Waals surface area (Å²) in [6.07, 6.45) is 1.13. The molecule has 1 atom stereocenters. The molecule has 0 aliphatic rings. The van der Waals surface area contributed by atoms with Crippen molar-refractivity contribution in [2.24, 2.45) is 0 Å². The third kappa shape index (κ3) is 5.23. The predicted molar refractivity (Wildman–Crippen MR) is 76.2 cm³/mol. The lowest BCUT2D eigenvalue weighted by Crippen LogP contribution is -2.35. The second kappa shape index (κ2) is 6.39. The standard InChI is InChI=1S/C14H23ClN2O/c1-6-10(2)18-13-8-7-11(15)12(17-13)9-16-14(3,4)5/h7-8,10,16H,6,9H2,1-5H3. The molecule has 0 bridgehead atoms. The van der Waals surface area contributed by atoms with Crippen molar-refractivity contribution in [3.63, 3.8) is 0 Å². The van der Waals surface area contributed by atoms with E-state index in [4.69, 9.17) is 16.3 Å². The van der Waals surface area contributed by atoms with Gasteiger partial charge in [-0.3, -0.25) is 0 Å². The van der Waals surface area contributed by atoms with E-state index in [0.29, 0.717) is 17.4 Å². The molecule has 3 nitrogen and oxygen atoms in total. The third-order valence-corrected chi connectivity index (χ3v) is 2.92. The minimum absolute atomic E-state index is 0.0403. The predicted octanol–water partition coefficient (Wildman–Crippen LogP) is 3.80. The molecule has 0 aliphatic carbocycles. The normalized spacial score (nSPS) is 13.4. The van der Waals surface area contributed by atoms with Gasteiger partial charge in [0.25, 0.3) is 0 Å². The Bertz CT molecular complexity index is 388. The first-order valence-electron chi connectivity index (χ1n) is 6.39. The van der Waals surface area contributed by atoms with E-state index >= 15 is 0 Å². The van der Waals surface area contributed by atoms with E-state index in [1.54, 1.807) is 0 Å². The van der Waals surface area contributed by atoms with Crippen LogP contribution in [0.1, 0.15) is 46.7 Å². The molecule has 1 unspecified atom stereocenters. The van der Waals surface area contributed by atoms with E-state index in [1.807, 2.05) is 19.1 Å². The molecule has 4 heteroatoms. The topological polar surface area (TPSA) is 34.1 Å². The average molecular weight is 271 g/mol. The van der Waals surface area contributed by atoms with Crippen LogP contribution in [0.5, 0.6) is 5.88 Å². The van der Waals surface area contributed by atoms with Crippen molar-refractivity contribution < 1.29 is 4.74 Å². The summed E-state index contributed by atoms with van der Waals surface area (Å²) in [7, 11) is 0. The summed E-state index contributed by atoms with van der Waals surface area (Å²) in [5, 5.41) is 4.04. The molecule has 1 aromatic rings. The number of ether oxygens (including phenoxy) is 1. The van der Waals surface area contributed by atoms with Crippen LogP contribution in [0.25, 0.3) is 0 Å². The Labute approximate surface area is 115 Å². The molecule has 1 heterocycles. The molecule has 1 N–H and O–H groups in total. The zero-order chi connectivity index (χ0) is 13.8. The Balaban J connectivity index is 2.75. The molecule has 0 saturated carbocycles. The number of nitrogens with zero attached hydrogens (tertiary/aromatic N) is 1. The van der Waals surface area contributed by atoms with Crippen molar-refractivity contribution in [3.8, 4) is 5.88 Å². The van der Waals surface area contributed by atoms with E-state index in [1.165, 1.54) is 0 Å². The van der Waals surface area contributed by atoms with Gasteiger partial charge in [0.05, 0.1) is 16.8 Å².